The number of piperidine rings is 1. The Morgan fingerprint density at radius 3 is 2.58 bits per heavy atom. The lowest BCUT2D eigenvalue weighted by molar-refractivity contribution is 0.0507. The highest BCUT2D eigenvalue weighted by Crippen LogP contribution is 2.30. The molecule has 0 aromatic rings. The summed E-state index contributed by atoms with van der Waals surface area (Å²) in [6.45, 7) is 3.22. The summed E-state index contributed by atoms with van der Waals surface area (Å²) in [6, 6.07) is 0. The normalized spacial score (nSPS) is 36.0. The molecule has 0 bridgehead atoms. The molecule has 2 fully saturated rings. The lowest BCUT2D eigenvalue weighted by atomic mass is 9.84. The smallest absolute Gasteiger partial charge is 0.0734 e. The number of aliphatic hydroxyl groups excluding tert-OH is 1. The molecule has 2 saturated heterocycles. The van der Waals surface area contributed by atoms with Crippen LogP contribution in [0.2, 0.25) is 0 Å². The van der Waals surface area contributed by atoms with Gasteiger partial charge in [0.05, 0.1) is 6.10 Å². The fraction of sp³-hybridized carbons (Fsp3) is 1.00. The lowest BCUT2D eigenvalue weighted by Gasteiger charge is -2.40. The van der Waals surface area contributed by atoms with Crippen molar-refractivity contribution in [3.05, 3.63) is 0 Å². The summed E-state index contributed by atoms with van der Waals surface area (Å²) >= 11 is 0. The minimum atomic E-state index is -0.105. The van der Waals surface area contributed by atoms with Crippen molar-refractivity contribution in [3.8, 4) is 0 Å². The first-order valence-electron chi connectivity index (χ1n) is 4.85. The quantitative estimate of drug-likeness (QED) is 0.529. The van der Waals surface area contributed by atoms with E-state index >= 15 is 0 Å². The van der Waals surface area contributed by atoms with Crippen molar-refractivity contribution in [2.45, 2.75) is 30.9 Å². The standard InChI is InChI=1S/C9H18N2O/c1-11-6-3-9(4-7-11)8(12)2-5-10-9/h8,10,12H,2-7H2,1H3. The molecule has 0 amide bonds. The average molecular weight is 170 g/mol. The van der Waals surface area contributed by atoms with E-state index in [-0.39, 0.29) is 11.6 Å². The summed E-state index contributed by atoms with van der Waals surface area (Å²) in [5.74, 6) is 0. The van der Waals surface area contributed by atoms with Crippen LogP contribution in [-0.2, 0) is 0 Å². The molecule has 2 aliphatic rings. The molecule has 1 atom stereocenters. The molecule has 0 saturated carbocycles. The summed E-state index contributed by atoms with van der Waals surface area (Å²) in [7, 11) is 2.15. The summed E-state index contributed by atoms with van der Waals surface area (Å²) in [5, 5.41) is 13.3. The van der Waals surface area contributed by atoms with Gasteiger partial charge in [-0.25, -0.2) is 0 Å². The Balaban J connectivity index is 2.02. The van der Waals surface area contributed by atoms with Crippen molar-refractivity contribution >= 4 is 0 Å². The minimum absolute atomic E-state index is 0.0759. The van der Waals surface area contributed by atoms with Crippen LogP contribution < -0.4 is 5.32 Å². The van der Waals surface area contributed by atoms with E-state index in [1.54, 1.807) is 0 Å². The number of hydrogen-bond donors (Lipinski definition) is 2. The zero-order valence-electron chi connectivity index (χ0n) is 7.71. The van der Waals surface area contributed by atoms with E-state index in [9.17, 15) is 5.11 Å². The Kier molecular flexibility index (Phi) is 2.10. The van der Waals surface area contributed by atoms with E-state index in [2.05, 4.69) is 17.3 Å². The van der Waals surface area contributed by atoms with E-state index in [4.69, 9.17) is 0 Å². The summed E-state index contributed by atoms with van der Waals surface area (Å²) < 4.78 is 0. The maximum atomic E-state index is 9.81. The molecule has 2 heterocycles. The highest BCUT2D eigenvalue weighted by Gasteiger charge is 2.42. The maximum absolute atomic E-state index is 9.81. The third kappa shape index (κ3) is 1.26. The molecular formula is C9H18N2O. The van der Waals surface area contributed by atoms with Crippen LogP contribution >= 0.6 is 0 Å². The van der Waals surface area contributed by atoms with Crippen LogP contribution in [0.4, 0.5) is 0 Å². The fourth-order valence-corrected chi connectivity index (χ4v) is 2.38. The van der Waals surface area contributed by atoms with Gasteiger partial charge in [0.1, 0.15) is 0 Å². The first-order valence-corrected chi connectivity index (χ1v) is 4.85. The molecule has 0 radical (unpaired) electrons. The molecule has 2 N–H and O–H groups in total. The van der Waals surface area contributed by atoms with Crippen LogP contribution in [0.3, 0.4) is 0 Å². The SMILES string of the molecule is CN1CCC2(CC1)NCCC2O. The Labute approximate surface area is 73.8 Å². The van der Waals surface area contributed by atoms with E-state index in [1.807, 2.05) is 0 Å². The number of likely N-dealkylation sites (tertiary alicyclic amines) is 1. The topological polar surface area (TPSA) is 35.5 Å². The van der Waals surface area contributed by atoms with Gasteiger partial charge in [0, 0.05) is 5.54 Å². The van der Waals surface area contributed by atoms with Gasteiger partial charge in [-0.2, -0.15) is 0 Å². The maximum Gasteiger partial charge on any atom is 0.0734 e. The van der Waals surface area contributed by atoms with Gasteiger partial charge >= 0.3 is 0 Å². The van der Waals surface area contributed by atoms with Gasteiger partial charge in [0.25, 0.3) is 0 Å². The number of nitrogens with one attached hydrogen (secondary N) is 1. The Morgan fingerprint density at radius 1 is 1.42 bits per heavy atom. The third-order valence-electron chi connectivity index (χ3n) is 3.41. The third-order valence-corrected chi connectivity index (χ3v) is 3.41. The van der Waals surface area contributed by atoms with Crippen LogP contribution in [0.5, 0.6) is 0 Å². The number of aliphatic hydroxyl groups is 1. The first kappa shape index (κ1) is 8.48. The Hall–Kier alpha value is -0.120. The average Bonchev–Trinajstić information content (AvgIpc) is 2.41. The first-order chi connectivity index (χ1) is 5.73. The van der Waals surface area contributed by atoms with E-state index in [0.29, 0.717) is 0 Å². The minimum Gasteiger partial charge on any atom is -0.391 e. The second-order valence-corrected chi connectivity index (χ2v) is 4.19. The van der Waals surface area contributed by atoms with Crippen LogP contribution in [0.1, 0.15) is 19.3 Å². The van der Waals surface area contributed by atoms with Crippen molar-refractivity contribution in [3.63, 3.8) is 0 Å². The van der Waals surface area contributed by atoms with Gasteiger partial charge in [0.2, 0.25) is 0 Å². The van der Waals surface area contributed by atoms with Gasteiger partial charge < -0.3 is 15.3 Å². The Bertz CT molecular complexity index is 164. The zero-order valence-corrected chi connectivity index (χ0v) is 7.71. The molecular weight excluding hydrogens is 152 g/mol. The van der Waals surface area contributed by atoms with Crippen molar-refractivity contribution in [2.24, 2.45) is 0 Å². The Morgan fingerprint density at radius 2 is 2.08 bits per heavy atom. The molecule has 1 unspecified atom stereocenters. The van der Waals surface area contributed by atoms with Crippen molar-refractivity contribution in [1.29, 1.82) is 0 Å². The number of nitrogens with zero attached hydrogens (tertiary/aromatic N) is 1. The monoisotopic (exact) mass is 170 g/mol. The lowest BCUT2D eigenvalue weighted by Crippen LogP contribution is -2.54. The van der Waals surface area contributed by atoms with Gasteiger partial charge in [-0.05, 0) is 45.9 Å². The van der Waals surface area contributed by atoms with Crippen molar-refractivity contribution < 1.29 is 5.11 Å². The molecule has 3 heteroatoms. The van der Waals surface area contributed by atoms with Crippen molar-refractivity contribution in [1.82, 2.24) is 10.2 Å². The molecule has 70 valence electrons. The highest BCUT2D eigenvalue weighted by molar-refractivity contribution is 5.02. The van der Waals surface area contributed by atoms with Crippen LogP contribution in [0, 0.1) is 0 Å². The second kappa shape index (κ2) is 2.98. The van der Waals surface area contributed by atoms with Gasteiger partial charge in [-0.1, -0.05) is 0 Å². The van der Waals surface area contributed by atoms with Crippen LogP contribution in [0.15, 0.2) is 0 Å². The zero-order chi connectivity index (χ0) is 8.60. The van der Waals surface area contributed by atoms with Gasteiger partial charge in [0.15, 0.2) is 0 Å². The van der Waals surface area contributed by atoms with E-state index < -0.39 is 0 Å². The molecule has 0 aliphatic carbocycles. The summed E-state index contributed by atoms with van der Waals surface area (Å²) in [6.07, 6.45) is 3.03. The van der Waals surface area contributed by atoms with Crippen LogP contribution in [0.25, 0.3) is 0 Å². The van der Waals surface area contributed by atoms with Gasteiger partial charge in [-0.15, -0.1) is 0 Å². The summed E-state index contributed by atoms with van der Waals surface area (Å²) in [5.41, 5.74) is 0.0759. The van der Waals surface area contributed by atoms with Crippen LogP contribution in [-0.4, -0.2) is 48.3 Å². The second-order valence-electron chi connectivity index (χ2n) is 4.19. The van der Waals surface area contributed by atoms with E-state index in [0.717, 1.165) is 38.9 Å². The van der Waals surface area contributed by atoms with Crippen molar-refractivity contribution in [2.75, 3.05) is 26.7 Å². The fourth-order valence-electron chi connectivity index (χ4n) is 2.38. The predicted octanol–water partition coefficient (Wildman–Crippen LogP) is -0.195. The summed E-state index contributed by atoms with van der Waals surface area (Å²) in [4.78, 5) is 2.33. The molecule has 0 aromatic heterocycles. The highest BCUT2D eigenvalue weighted by atomic mass is 16.3. The number of rotatable bonds is 0. The molecule has 2 aliphatic heterocycles. The molecule has 0 aromatic carbocycles. The molecule has 3 nitrogen and oxygen atoms in total. The molecule has 1 spiro atoms. The van der Waals surface area contributed by atoms with E-state index in [1.165, 1.54) is 0 Å². The molecule has 2 rings (SSSR count). The predicted molar refractivity (Wildman–Crippen MR) is 48.1 cm³/mol. The number of hydrogen-bond acceptors (Lipinski definition) is 3. The van der Waals surface area contributed by atoms with Gasteiger partial charge in [-0.3, -0.25) is 0 Å². The largest absolute Gasteiger partial charge is 0.391 e. The molecule has 12 heavy (non-hydrogen) atoms.